The molecule has 1 amide bonds. The zero-order chi connectivity index (χ0) is 17.4. The molecule has 4 nitrogen and oxygen atoms in total. The number of nitrogens with zero attached hydrogens (tertiary/aromatic N) is 2. The van der Waals surface area contributed by atoms with Crippen LogP contribution >= 0.6 is 0 Å². The number of amides is 1. The highest BCUT2D eigenvalue weighted by molar-refractivity contribution is 5.97. The van der Waals surface area contributed by atoms with Crippen molar-refractivity contribution in [3.8, 4) is 6.07 Å². The van der Waals surface area contributed by atoms with Gasteiger partial charge in [-0.15, -0.1) is 0 Å². The lowest BCUT2D eigenvalue weighted by Crippen LogP contribution is -2.39. The fourth-order valence-electron chi connectivity index (χ4n) is 3.24. The fourth-order valence-corrected chi connectivity index (χ4v) is 3.24. The van der Waals surface area contributed by atoms with E-state index < -0.39 is 0 Å². The molecular formula is C20H27N3O. The maximum absolute atomic E-state index is 12.5. The maximum Gasteiger partial charge on any atom is 0.265 e. The summed E-state index contributed by atoms with van der Waals surface area (Å²) < 4.78 is 0. The van der Waals surface area contributed by atoms with Crippen LogP contribution in [0.25, 0.3) is 0 Å². The third kappa shape index (κ3) is 4.86. The first-order chi connectivity index (χ1) is 11.6. The second kappa shape index (κ2) is 9.12. The van der Waals surface area contributed by atoms with E-state index in [0.717, 1.165) is 19.3 Å². The van der Waals surface area contributed by atoms with Gasteiger partial charge in [-0.2, -0.15) is 5.26 Å². The molecule has 4 heteroatoms. The Hall–Kier alpha value is -2.28. The Bertz CT molecular complexity index is 624. The highest BCUT2D eigenvalue weighted by Crippen LogP contribution is 2.22. The molecule has 0 radical (unpaired) electrons. The monoisotopic (exact) mass is 325 g/mol. The van der Waals surface area contributed by atoms with Crippen molar-refractivity contribution in [2.45, 2.75) is 51.5 Å². The van der Waals surface area contributed by atoms with Gasteiger partial charge < -0.3 is 10.2 Å². The largest absolute Gasteiger partial charge is 0.389 e. The van der Waals surface area contributed by atoms with Gasteiger partial charge in [0.15, 0.2) is 0 Å². The van der Waals surface area contributed by atoms with E-state index >= 15 is 0 Å². The summed E-state index contributed by atoms with van der Waals surface area (Å²) in [5, 5.41) is 12.4. The molecule has 1 N–H and O–H groups in total. The van der Waals surface area contributed by atoms with Crippen molar-refractivity contribution in [2.24, 2.45) is 0 Å². The van der Waals surface area contributed by atoms with Gasteiger partial charge in [-0.3, -0.25) is 4.79 Å². The molecule has 1 aromatic rings. The Balaban J connectivity index is 1.87. The van der Waals surface area contributed by atoms with E-state index in [2.05, 4.69) is 24.4 Å². The van der Waals surface area contributed by atoms with Crippen molar-refractivity contribution in [3.05, 3.63) is 47.2 Å². The van der Waals surface area contributed by atoms with Gasteiger partial charge in [0.1, 0.15) is 11.6 Å². The quantitative estimate of drug-likeness (QED) is 0.496. The summed E-state index contributed by atoms with van der Waals surface area (Å²) in [7, 11) is 1.82. The van der Waals surface area contributed by atoms with Crippen LogP contribution in [0.2, 0.25) is 0 Å². The lowest BCUT2D eigenvalue weighted by Gasteiger charge is -2.31. The first-order valence-electron chi connectivity index (χ1n) is 8.79. The van der Waals surface area contributed by atoms with Crippen LogP contribution in [0.5, 0.6) is 0 Å². The number of aryl methyl sites for hydroxylation is 1. The predicted octanol–water partition coefficient (Wildman–Crippen LogP) is 3.33. The topological polar surface area (TPSA) is 56.1 Å². The van der Waals surface area contributed by atoms with Gasteiger partial charge >= 0.3 is 0 Å². The third-order valence-electron chi connectivity index (χ3n) is 4.84. The number of likely N-dealkylation sites (N-methyl/N-ethyl adjacent to an activating group) is 1. The minimum atomic E-state index is -0.173. The first kappa shape index (κ1) is 18.1. The van der Waals surface area contributed by atoms with Gasteiger partial charge in [-0.05, 0) is 37.3 Å². The second-order valence-electron chi connectivity index (χ2n) is 6.51. The number of benzene rings is 1. The van der Waals surface area contributed by atoms with Crippen LogP contribution < -0.4 is 5.32 Å². The van der Waals surface area contributed by atoms with E-state index in [-0.39, 0.29) is 17.5 Å². The number of hydrogen-bond donors (Lipinski definition) is 1. The molecule has 1 aliphatic carbocycles. The number of carbonyl (C=O) groups excluding carboxylic acids is 1. The normalized spacial score (nSPS) is 15.6. The Morgan fingerprint density at radius 1 is 1.33 bits per heavy atom. The summed E-state index contributed by atoms with van der Waals surface area (Å²) in [5.41, 5.74) is 2.73. The molecule has 128 valence electrons. The summed E-state index contributed by atoms with van der Waals surface area (Å²) in [6.07, 6.45) is 8.11. The van der Waals surface area contributed by atoms with Gasteiger partial charge in [0, 0.05) is 25.8 Å². The molecule has 0 spiro atoms. The lowest BCUT2D eigenvalue weighted by molar-refractivity contribution is -0.128. The molecule has 1 aromatic carbocycles. The van der Waals surface area contributed by atoms with Gasteiger partial charge in [0.05, 0.1) is 0 Å². The van der Waals surface area contributed by atoms with Gasteiger partial charge in [0.25, 0.3) is 5.91 Å². The Kier molecular flexibility index (Phi) is 6.87. The Labute approximate surface area is 145 Å². The molecule has 1 aliphatic rings. The average Bonchev–Trinajstić information content (AvgIpc) is 2.63. The molecule has 0 heterocycles. The van der Waals surface area contributed by atoms with E-state index in [1.165, 1.54) is 30.4 Å². The number of nitriles is 1. The minimum absolute atomic E-state index is 0.173. The molecule has 2 rings (SSSR count). The summed E-state index contributed by atoms with van der Waals surface area (Å²) in [5.74, 6) is -0.173. The summed E-state index contributed by atoms with van der Waals surface area (Å²) in [4.78, 5) is 14.2. The molecule has 1 fully saturated rings. The Morgan fingerprint density at radius 2 is 2.04 bits per heavy atom. The molecule has 0 atom stereocenters. The molecule has 0 unspecified atom stereocenters. The summed E-state index contributed by atoms with van der Waals surface area (Å²) in [6.45, 7) is 2.80. The second-order valence-corrected chi connectivity index (χ2v) is 6.51. The highest BCUT2D eigenvalue weighted by atomic mass is 16.2. The van der Waals surface area contributed by atoms with Gasteiger partial charge in [-0.25, -0.2) is 0 Å². The van der Waals surface area contributed by atoms with Crippen molar-refractivity contribution in [3.63, 3.8) is 0 Å². The van der Waals surface area contributed by atoms with Crippen LogP contribution in [-0.2, 0) is 11.2 Å². The minimum Gasteiger partial charge on any atom is -0.389 e. The molecule has 24 heavy (non-hydrogen) atoms. The molecule has 0 aromatic heterocycles. The SMILES string of the molecule is Cc1ccccc1CCN/C=C(/C#N)C(=O)N(C)C1CCCCC1. The summed E-state index contributed by atoms with van der Waals surface area (Å²) >= 11 is 0. The number of hydrogen-bond acceptors (Lipinski definition) is 3. The van der Waals surface area contributed by atoms with Crippen molar-refractivity contribution in [2.75, 3.05) is 13.6 Å². The first-order valence-corrected chi connectivity index (χ1v) is 8.79. The highest BCUT2D eigenvalue weighted by Gasteiger charge is 2.24. The van der Waals surface area contributed by atoms with E-state index in [1.54, 1.807) is 11.1 Å². The van der Waals surface area contributed by atoms with Crippen molar-refractivity contribution in [1.29, 1.82) is 5.26 Å². The molecule has 0 bridgehead atoms. The van der Waals surface area contributed by atoms with Crippen molar-refractivity contribution >= 4 is 5.91 Å². The molecule has 0 aliphatic heterocycles. The van der Waals surface area contributed by atoms with E-state index in [0.29, 0.717) is 6.54 Å². The smallest absolute Gasteiger partial charge is 0.265 e. The van der Waals surface area contributed by atoms with Crippen LogP contribution in [0.15, 0.2) is 36.0 Å². The van der Waals surface area contributed by atoms with Crippen LogP contribution in [0, 0.1) is 18.3 Å². The number of nitrogens with one attached hydrogen (secondary N) is 1. The number of rotatable bonds is 6. The van der Waals surface area contributed by atoms with Crippen LogP contribution in [-0.4, -0.2) is 30.4 Å². The van der Waals surface area contributed by atoms with Crippen molar-refractivity contribution < 1.29 is 4.79 Å². The predicted molar refractivity (Wildman–Crippen MR) is 96.2 cm³/mol. The number of carbonyl (C=O) groups is 1. The lowest BCUT2D eigenvalue weighted by atomic mass is 9.94. The zero-order valence-corrected chi connectivity index (χ0v) is 14.7. The molecule has 0 saturated heterocycles. The maximum atomic E-state index is 12.5. The zero-order valence-electron chi connectivity index (χ0n) is 14.7. The summed E-state index contributed by atoms with van der Waals surface area (Å²) in [6, 6.07) is 10.6. The van der Waals surface area contributed by atoms with Gasteiger partial charge in [0.2, 0.25) is 0 Å². The Morgan fingerprint density at radius 3 is 2.71 bits per heavy atom. The molecule has 1 saturated carbocycles. The van der Waals surface area contributed by atoms with Crippen LogP contribution in [0.1, 0.15) is 43.2 Å². The average molecular weight is 325 g/mol. The van der Waals surface area contributed by atoms with E-state index in [9.17, 15) is 10.1 Å². The van der Waals surface area contributed by atoms with E-state index in [1.807, 2.05) is 25.2 Å². The van der Waals surface area contributed by atoms with Crippen LogP contribution in [0.3, 0.4) is 0 Å². The van der Waals surface area contributed by atoms with Crippen LogP contribution in [0.4, 0.5) is 0 Å². The molecular weight excluding hydrogens is 298 g/mol. The van der Waals surface area contributed by atoms with Crippen molar-refractivity contribution in [1.82, 2.24) is 10.2 Å². The standard InChI is InChI=1S/C20H27N3O/c1-16-8-6-7-9-17(16)12-13-22-15-18(14-21)20(24)23(2)19-10-4-3-5-11-19/h6-9,15,19,22H,3-5,10-13H2,1-2H3/b18-15-. The third-order valence-corrected chi connectivity index (χ3v) is 4.84. The fraction of sp³-hybridized carbons (Fsp3) is 0.500. The van der Waals surface area contributed by atoms with Gasteiger partial charge in [-0.1, -0.05) is 43.5 Å². The van der Waals surface area contributed by atoms with E-state index in [4.69, 9.17) is 0 Å².